The largest absolute Gasteiger partial charge is 0.481 e. The molecule has 2 aromatic rings. The number of aromatic nitrogens is 1. The molecule has 2 rings (SSSR count). The molecule has 0 spiro atoms. The predicted molar refractivity (Wildman–Crippen MR) is 81.2 cm³/mol. The number of hydrogen-bond acceptors (Lipinski definition) is 2. The molecular weight excluding hydrogens is 268 g/mol. The van der Waals surface area contributed by atoms with Crippen LogP contribution in [-0.2, 0) is 16.0 Å². The van der Waals surface area contributed by atoms with Gasteiger partial charge in [0.1, 0.15) is 0 Å². The van der Waals surface area contributed by atoms with Crippen molar-refractivity contribution in [3.8, 4) is 0 Å². The summed E-state index contributed by atoms with van der Waals surface area (Å²) in [6.07, 6.45) is 2.07. The molecule has 1 aromatic carbocycles. The van der Waals surface area contributed by atoms with Crippen LogP contribution in [0.1, 0.15) is 25.0 Å². The maximum absolute atomic E-state index is 12.0. The maximum Gasteiger partial charge on any atom is 0.310 e. The van der Waals surface area contributed by atoms with Gasteiger partial charge in [-0.2, -0.15) is 0 Å². The number of carbonyl (C=O) groups excluding carboxylic acids is 1. The summed E-state index contributed by atoms with van der Waals surface area (Å²) in [6, 6.07) is 5.95. The molecule has 5 heteroatoms. The zero-order valence-electron chi connectivity index (χ0n) is 12.5. The molecule has 0 aliphatic rings. The van der Waals surface area contributed by atoms with Crippen molar-refractivity contribution in [2.75, 3.05) is 6.54 Å². The first-order valence-corrected chi connectivity index (χ1v) is 6.87. The van der Waals surface area contributed by atoms with Crippen LogP contribution in [0.25, 0.3) is 10.9 Å². The number of nitrogens with one attached hydrogen (secondary N) is 2. The van der Waals surface area contributed by atoms with E-state index in [0.717, 1.165) is 22.0 Å². The first kappa shape index (κ1) is 15.1. The van der Waals surface area contributed by atoms with Crippen LogP contribution in [-0.4, -0.2) is 28.5 Å². The Bertz CT molecular complexity index is 686. The Morgan fingerprint density at radius 1 is 1.33 bits per heavy atom. The van der Waals surface area contributed by atoms with Gasteiger partial charge in [-0.25, -0.2) is 0 Å². The van der Waals surface area contributed by atoms with Gasteiger partial charge in [0, 0.05) is 23.6 Å². The normalized spacial score (nSPS) is 11.6. The minimum absolute atomic E-state index is 0.114. The Kier molecular flexibility index (Phi) is 4.02. The lowest BCUT2D eigenvalue weighted by Gasteiger charge is -2.19. The molecule has 0 saturated heterocycles. The van der Waals surface area contributed by atoms with E-state index in [2.05, 4.69) is 10.3 Å². The van der Waals surface area contributed by atoms with Gasteiger partial charge in [-0.3, -0.25) is 9.59 Å². The highest BCUT2D eigenvalue weighted by molar-refractivity contribution is 5.90. The number of carboxylic acid groups (broad SMARTS) is 1. The summed E-state index contributed by atoms with van der Waals surface area (Å²) >= 11 is 0. The van der Waals surface area contributed by atoms with E-state index < -0.39 is 11.4 Å². The monoisotopic (exact) mass is 288 g/mol. The van der Waals surface area contributed by atoms with Gasteiger partial charge in [0.15, 0.2) is 0 Å². The quantitative estimate of drug-likeness (QED) is 0.789. The van der Waals surface area contributed by atoms with Crippen LogP contribution >= 0.6 is 0 Å². The molecule has 0 saturated carbocycles. The predicted octanol–water partition coefficient (Wildman–Crippen LogP) is 2.25. The molecule has 1 heterocycles. The molecule has 3 N–H and O–H groups in total. The molecule has 0 radical (unpaired) electrons. The van der Waals surface area contributed by atoms with Gasteiger partial charge in [0.05, 0.1) is 11.8 Å². The zero-order chi connectivity index (χ0) is 15.6. The van der Waals surface area contributed by atoms with Crippen LogP contribution < -0.4 is 5.32 Å². The number of aliphatic carboxylic acids is 1. The number of H-pyrrole nitrogens is 1. The highest BCUT2D eigenvalue weighted by Crippen LogP contribution is 2.21. The average molecular weight is 288 g/mol. The summed E-state index contributed by atoms with van der Waals surface area (Å²) in [6.45, 7) is 5.30. The molecule has 21 heavy (non-hydrogen) atoms. The number of amides is 1. The first-order chi connectivity index (χ1) is 9.81. The summed E-state index contributed by atoms with van der Waals surface area (Å²) in [4.78, 5) is 26.2. The van der Waals surface area contributed by atoms with E-state index >= 15 is 0 Å². The molecule has 1 amide bonds. The Morgan fingerprint density at radius 2 is 2.05 bits per heavy atom. The Labute approximate surface area is 123 Å². The Balaban J connectivity index is 2.06. The van der Waals surface area contributed by atoms with E-state index in [9.17, 15) is 9.59 Å². The van der Waals surface area contributed by atoms with Crippen LogP contribution in [0.5, 0.6) is 0 Å². The van der Waals surface area contributed by atoms with E-state index in [4.69, 9.17) is 5.11 Å². The molecule has 0 aliphatic heterocycles. The average Bonchev–Trinajstić information content (AvgIpc) is 2.81. The molecule has 0 fully saturated rings. The fourth-order valence-corrected chi connectivity index (χ4v) is 2.14. The topological polar surface area (TPSA) is 82.2 Å². The van der Waals surface area contributed by atoms with Crippen molar-refractivity contribution in [1.82, 2.24) is 10.3 Å². The number of aromatic amines is 1. The lowest BCUT2D eigenvalue weighted by molar-refractivity contribution is -0.146. The summed E-state index contributed by atoms with van der Waals surface area (Å²) in [5, 5.41) is 12.7. The van der Waals surface area contributed by atoms with Gasteiger partial charge in [-0.1, -0.05) is 18.2 Å². The number of carbonyl (C=O) groups is 2. The molecule has 112 valence electrons. The molecular formula is C16H20N2O3. The maximum atomic E-state index is 12.0. The third-order valence-corrected chi connectivity index (χ3v) is 3.67. The first-order valence-electron chi connectivity index (χ1n) is 6.87. The van der Waals surface area contributed by atoms with Crippen LogP contribution in [0.3, 0.4) is 0 Å². The fourth-order valence-electron chi connectivity index (χ4n) is 2.14. The van der Waals surface area contributed by atoms with Crippen molar-refractivity contribution in [2.24, 2.45) is 5.41 Å². The summed E-state index contributed by atoms with van der Waals surface area (Å²) in [5.74, 6) is -1.10. The van der Waals surface area contributed by atoms with Gasteiger partial charge >= 0.3 is 5.97 Å². The van der Waals surface area contributed by atoms with E-state index in [-0.39, 0.29) is 18.9 Å². The van der Waals surface area contributed by atoms with E-state index in [1.807, 2.05) is 31.3 Å². The smallest absolute Gasteiger partial charge is 0.310 e. The second-order valence-electron chi connectivity index (χ2n) is 5.95. The Hall–Kier alpha value is -2.30. The van der Waals surface area contributed by atoms with E-state index in [1.54, 1.807) is 13.8 Å². The summed E-state index contributed by atoms with van der Waals surface area (Å²) < 4.78 is 0. The second-order valence-corrected chi connectivity index (χ2v) is 5.95. The summed E-state index contributed by atoms with van der Waals surface area (Å²) in [7, 11) is 0. The standard InChI is InChI=1S/C16H20N2O3/c1-10-5-4-6-12-11(8-17-14(10)12)7-13(19)18-9-16(2,3)15(20)21/h4-6,8,17H,7,9H2,1-3H3,(H,18,19)(H,20,21). The number of fused-ring (bicyclic) bond motifs is 1. The highest BCUT2D eigenvalue weighted by Gasteiger charge is 2.27. The van der Waals surface area contributed by atoms with Crippen molar-refractivity contribution in [1.29, 1.82) is 0 Å². The third kappa shape index (κ3) is 3.24. The van der Waals surface area contributed by atoms with Crippen molar-refractivity contribution in [3.63, 3.8) is 0 Å². The van der Waals surface area contributed by atoms with Crippen LogP contribution in [0, 0.1) is 12.3 Å². The van der Waals surface area contributed by atoms with Crippen molar-refractivity contribution < 1.29 is 14.7 Å². The number of carboxylic acids is 1. The lowest BCUT2D eigenvalue weighted by atomic mass is 9.94. The van der Waals surface area contributed by atoms with E-state index in [1.165, 1.54) is 0 Å². The number of rotatable bonds is 5. The van der Waals surface area contributed by atoms with E-state index in [0.29, 0.717) is 0 Å². The lowest BCUT2D eigenvalue weighted by Crippen LogP contribution is -2.39. The van der Waals surface area contributed by atoms with Crippen molar-refractivity contribution in [2.45, 2.75) is 27.2 Å². The number of hydrogen-bond donors (Lipinski definition) is 3. The van der Waals surface area contributed by atoms with Crippen molar-refractivity contribution >= 4 is 22.8 Å². The van der Waals surface area contributed by atoms with Gasteiger partial charge < -0.3 is 15.4 Å². The van der Waals surface area contributed by atoms with Gasteiger partial charge in [0.2, 0.25) is 5.91 Å². The molecule has 0 atom stereocenters. The van der Waals surface area contributed by atoms with Crippen molar-refractivity contribution in [3.05, 3.63) is 35.5 Å². The second kappa shape index (κ2) is 5.60. The SMILES string of the molecule is Cc1cccc2c(CC(=O)NCC(C)(C)C(=O)O)c[nH]c12. The minimum atomic E-state index is -0.966. The molecule has 0 aliphatic carbocycles. The van der Waals surface area contributed by atoms with Gasteiger partial charge in [-0.05, 0) is 31.9 Å². The molecule has 1 aromatic heterocycles. The summed E-state index contributed by atoms with van der Waals surface area (Å²) in [5.41, 5.74) is 2.11. The fraction of sp³-hybridized carbons (Fsp3) is 0.375. The zero-order valence-corrected chi connectivity index (χ0v) is 12.5. The molecule has 0 bridgehead atoms. The van der Waals surface area contributed by atoms with Crippen LogP contribution in [0.4, 0.5) is 0 Å². The van der Waals surface area contributed by atoms with Crippen LogP contribution in [0.2, 0.25) is 0 Å². The molecule has 0 unspecified atom stereocenters. The van der Waals surface area contributed by atoms with Gasteiger partial charge in [0.25, 0.3) is 0 Å². The third-order valence-electron chi connectivity index (χ3n) is 3.67. The number of benzene rings is 1. The Morgan fingerprint density at radius 3 is 2.71 bits per heavy atom. The highest BCUT2D eigenvalue weighted by atomic mass is 16.4. The number of aryl methyl sites for hydroxylation is 1. The van der Waals surface area contributed by atoms with Crippen LogP contribution in [0.15, 0.2) is 24.4 Å². The number of para-hydroxylation sites is 1. The van der Waals surface area contributed by atoms with Gasteiger partial charge in [-0.15, -0.1) is 0 Å². The molecule has 5 nitrogen and oxygen atoms in total. The minimum Gasteiger partial charge on any atom is -0.481 e.